The summed E-state index contributed by atoms with van der Waals surface area (Å²) < 4.78 is 0. The SMILES string of the molecule is CCCS(CCC)(CCC)P(S)S. The molecule has 0 aliphatic carbocycles. The van der Waals surface area contributed by atoms with E-state index in [1.165, 1.54) is 36.5 Å². The topological polar surface area (TPSA) is 0 Å². The molecule has 0 atom stereocenters. The summed E-state index contributed by atoms with van der Waals surface area (Å²) >= 11 is 9.29. The number of rotatable bonds is 7. The summed E-state index contributed by atoms with van der Waals surface area (Å²) in [5, 5.41) is 0. The molecule has 0 amide bonds. The minimum atomic E-state index is -0.470. The van der Waals surface area contributed by atoms with Crippen LogP contribution in [0, 0.1) is 0 Å². The molecular weight excluding hydrogens is 235 g/mol. The first kappa shape index (κ1) is 14.5. The first-order chi connectivity index (χ1) is 6.13. The Kier molecular flexibility index (Phi) is 8.61. The van der Waals surface area contributed by atoms with Crippen LogP contribution in [0.4, 0.5) is 0 Å². The molecule has 0 aromatic rings. The minimum Gasteiger partial charge on any atom is -0.203 e. The summed E-state index contributed by atoms with van der Waals surface area (Å²) in [6, 6.07) is 0. The monoisotopic (exact) mass is 258 g/mol. The Morgan fingerprint density at radius 3 is 1.31 bits per heavy atom. The number of hydrogen-bond donors (Lipinski definition) is 2. The van der Waals surface area contributed by atoms with E-state index in [4.69, 9.17) is 0 Å². The van der Waals surface area contributed by atoms with Crippen LogP contribution in [0.1, 0.15) is 40.0 Å². The Hall–Kier alpha value is 1.48. The largest absolute Gasteiger partial charge is 0.203 e. The third-order valence-corrected chi connectivity index (χ3v) is 16.3. The number of thiol groups is 2. The third kappa shape index (κ3) is 4.68. The predicted molar refractivity (Wildman–Crippen MR) is 78.0 cm³/mol. The van der Waals surface area contributed by atoms with Crippen LogP contribution in [0.25, 0.3) is 0 Å². The van der Waals surface area contributed by atoms with Crippen LogP contribution in [-0.4, -0.2) is 17.3 Å². The van der Waals surface area contributed by atoms with Crippen LogP contribution in [0.5, 0.6) is 0 Å². The van der Waals surface area contributed by atoms with Crippen molar-refractivity contribution in [2.75, 3.05) is 17.3 Å². The Morgan fingerprint density at radius 1 is 0.846 bits per heavy atom. The molecular formula is C9H23PS3. The van der Waals surface area contributed by atoms with Crippen molar-refractivity contribution >= 4 is 39.7 Å². The van der Waals surface area contributed by atoms with Gasteiger partial charge in [-0.05, 0) is 36.5 Å². The summed E-state index contributed by atoms with van der Waals surface area (Å²) in [5.41, 5.74) is -0.294. The molecule has 0 N–H and O–H groups in total. The molecule has 0 aliphatic rings. The molecule has 0 aliphatic heterocycles. The minimum absolute atomic E-state index is 0.294. The zero-order chi connectivity index (χ0) is 10.3. The molecule has 0 aromatic carbocycles. The van der Waals surface area contributed by atoms with E-state index in [1.807, 2.05) is 0 Å². The molecule has 0 bridgehead atoms. The summed E-state index contributed by atoms with van der Waals surface area (Å²) in [4.78, 5) is 0. The zero-order valence-electron chi connectivity index (χ0n) is 8.99. The molecule has 0 spiro atoms. The van der Waals surface area contributed by atoms with E-state index in [0.29, 0.717) is 0 Å². The van der Waals surface area contributed by atoms with E-state index in [-0.39, 0.29) is 5.53 Å². The highest BCUT2D eigenvalue weighted by Gasteiger charge is 2.26. The van der Waals surface area contributed by atoms with Crippen LogP contribution in [-0.2, 0) is 0 Å². The summed E-state index contributed by atoms with van der Waals surface area (Å²) in [5.74, 6) is 4.15. The molecule has 0 unspecified atom stereocenters. The van der Waals surface area contributed by atoms with Crippen molar-refractivity contribution < 1.29 is 0 Å². The van der Waals surface area contributed by atoms with Gasteiger partial charge < -0.3 is 0 Å². The highest BCUT2D eigenvalue weighted by molar-refractivity contribution is 9.14. The molecule has 13 heavy (non-hydrogen) atoms. The van der Waals surface area contributed by atoms with Gasteiger partial charge in [0.2, 0.25) is 0 Å². The van der Waals surface area contributed by atoms with E-state index < -0.39 is 9.65 Å². The fourth-order valence-corrected chi connectivity index (χ4v) is 12.6. The molecule has 0 fully saturated rings. The average molecular weight is 258 g/mol. The second kappa shape index (κ2) is 7.73. The molecule has 0 saturated heterocycles. The molecule has 0 rings (SSSR count). The van der Waals surface area contributed by atoms with Crippen LogP contribution < -0.4 is 0 Å². The summed E-state index contributed by atoms with van der Waals surface area (Å²) in [7, 11) is -0.470. The zero-order valence-corrected chi connectivity index (χ0v) is 12.5. The third-order valence-electron chi connectivity index (χ3n) is 2.10. The Balaban J connectivity index is 4.38. The van der Waals surface area contributed by atoms with Gasteiger partial charge >= 0.3 is 0 Å². The summed E-state index contributed by atoms with van der Waals surface area (Å²) in [6.45, 7) is 6.86. The lowest BCUT2D eigenvalue weighted by atomic mass is 10.6. The molecule has 0 aromatic heterocycles. The van der Waals surface area contributed by atoms with Gasteiger partial charge in [0.05, 0.1) is 0 Å². The van der Waals surface area contributed by atoms with Gasteiger partial charge in [0.25, 0.3) is 0 Å². The smallest absolute Gasteiger partial charge is 0.0490 e. The fourth-order valence-electron chi connectivity index (χ4n) is 1.69. The average Bonchev–Trinajstić information content (AvgIpc) is 2.05. The lowest BCUT2D eigenvalue weighted by molar-refractivity contribution is 1.03. The Labute approximate surface area is 96.8 Å². The van der Waals surface area contributed by atoms with Gasteiger partial charge in [0.1, 0.15) is 0 Å². The van der Waals surface area contributed by atoms with Crippen molar-refractivity contribution in [1.29, 1.82) is 0 Å². The second-order valence-corrected chi connectivity index (χ2v) is 15.5. The van der Waals surface area contributed by atoms with E-state index in [0.717, 1.165) is 0 Å². The van der Waals surface area contributed by atoms with Crippen molar-refractivity contribution in [3.8, 4) is 0 Å². The van der Waals surface area contributed by atoms with Crippen LogP contribution in [0.2, 0.25) is 0 Å². The quantitative estimate of drug-likeness (QED) is 0.460. The van der Waals surface area contributed by atoms with E-state index >= 15 is 0 Å². The van der Waals surface area contributed by atoms with E-state index in [2.05, 4.69) is 45.3 Å². The molecule has 0 nitrogen and oxygen atoms in total. The fraction of sp³-hybridized carbons (Fsp3) is 1.00. The maximum absolute atomic E-state index is 4.65. The Morgan fingerprint density at radius 2 is 1.15 bits per heavy atom. The highest BCUT2D eigenvalue weighted by atomic mass is 33.4. The van der Waals surface area contributed by atoms with Gasteiger partial charge in [-0.1, -0.05) is 20.8 Å². The standard InChI is InChI=1S/C9H23PS3/c1-4-7-13(8-5-2,9-6-3)10(11)12/h11-12H,4-9H2,1-3H3. The highest BCUT2D eigenvalue weighted by Crippen LogP contribution is 2.81. The maximum atomic E-state index is 4.65. The summed E-state index contributed by atoms with van der Waals surface area (Å²) in [6.07, 6.45) is 3.90. The van der Waals surface area contributed by atoms with Crippen molar-refractivity contribution in [2.24, 2.45) is 0 Å². The molecule has 82 valence electrons. The van der Waals surface area contributed by atoms with Gasteiger partial charge in [0.15, 0.2) is 0 Å². The first-order valence-corrected chi connectivity index (χ1v) is 11.5. The van der Waals surface area contributed by atoms with Crippen molar-refractivity contribution in [2.45, 2.75) is 40.0 Å². The van der Waals surface area contributed by atoms with Crippen LogP contribution >= 0.6 is 39.7 Å². The molecule has 0 saturated carbocycles. The molecule has 0 radical (unpaired) electrons. The number of hydrogen-bond acceptors (Lipinski definition) is 2. The Bertz CT molecular complexity index is 111. The lowest BCUT2D eigenvalue weighted by Gasteiger charge is -2.42. The van der Waals surface area contributed by atoms with Gasteiger partial charge in [-0.15, -0.1) is 24.5 Å². The van der Waals surface area contributed by atoms with Gasteiger partial charge in [-0.3, -0.25) is 0 Å². The lowest BCUT2D eigenvalue weighted by Crippen LogP contribution is -2.08. The van der Waals surface area contributed by atoms with Crippen molar-refractivity contribution in [1.82, 2.24) is 0 Å². The normalized spacial score (nSPS) is 13.7. The second-order valence-electron chi connectivity index (χ2n) is 3.36. The van der Waals surface area contributed by atoms with Gasteiger partial charge in [0, 0.05) is 5.53 Å². The van der Waals surface area contributed by atoms with E-state index in [1.54, 1.807) is 0 Å². The van der Waals surface area contributed by atoms with Crippen molar-refractivity contribution in [3.63, 3.8) is 0 Å². The van der Waals surface area contributed by atoms with Crippen molar-refractivity contribution in [3.05, 3.63) is 0 Å². The van der Waals surface area contributed by atoms with Gasteiger partial charge in [-0.2, -0.15) is 0 Å². The van der Waals surface area contributed by atoms with Crippen LogP contribution in [0.15, 0.2) is 0 Å². The molecule has 4 heteroatoms. The van der Waals surface area contributed by atoms with Crippen LogP contribution in [0.3, 0.4) is 0 Å². The predicted octanol–water partition coefficient (Wildman–Crippen LogP) is 5.11. The van der Waals surface area contributed by atoms with E-state index in [9.17, 15) is 0 Å². The molecule has 0 heterocycles. The van der Waals surface area contributed by atoms with Gasteiger partial charge in [-0.25, -0.2) is 9.65 Å². The first-order valence-electron chi connectivity index (χ1n) is 5.07. The maximum Gasteiger partial charge on any atom is 0.0490 e.